The van der Waals surface area contributed by atoms with Crippen LogP contribution in [0.4, 0.5) is 5.82 Å². The first kappa shape index (κ1) is 13.5. The number of ether oxygens (including phenoxy) is 1. The molecular weight excluding hydrogens is 280 g/mol. The Morgan fingerprint density at radius 3 is 2.70 bits per heavy atom. The number of anilines is 1. The number of hydrogen-bond acceptors (Lipinski definition) is 6. The van der Waals surface area contributed by atoms with E-state index in [9.17, 15) is 4.79 Å². The second kappa shape index (κ2) is 5.52. The Balaban J connectivity index is 1.83. The van der Waals surface area contributed by atoms with Crippen molar-refractivity contribution in [1.82, 2.24) is 15.2 Å². The summed E-state index contributed by atoms with van der Waals surface area (Å²) < 4.78 is 4.98. The number of halogens is 1. The van der Waals surface area contributed by atoms with Crippen LogP contribution in [-0.4, -0.2) is 34.3 Å². The molecule has 3 fully saturated rings. The number of esters is 1. The van der Waals surface area contributed by atoms with Gasteiger partial charge in [-0.05, 0) is 49.1 Å². The number of rotatable bonds is 3. The van der Waals surface area contributed by atoms with Crippen LogP contribution >= 0.6 is 11.6 Å². The Bertz CT molecular complexity index is 505. The van der Waals surface area contributed by atoms with E-state index in [0.29, 0.717) is 17.7 Å². The van der Waals surface area contributed by atoms with Crippen LogP contribution in [0.5, 0.6) is 0 Å². The maximum Gasteiger partial charge on any atom is 0.311 e. The van der Waals surface area contributed by atoms with Crippen LogP contribution in [0.1, 0.15) is 25.7 Å². The average molecular weight is 297 g/mol. The third kappa shape index (κ3) is 2.44. The largest absolute Gasteiger partial charge is 0.469 e. The highest BCUT2D eigenvalue weighted by molar-refractivity contribution is 6.28. The first-order valence-corrected chi connectivity index (χ1v) is 7.26. The van der Waals surface area contributed by atoms with Gasteiger partial charge in [0, 0.05) is 6.04 Å². The molecular formula is C13H17ClN4O2. The molecule has 3 aliphatic rings. The van der Waals surface area contributed by atoms with Crippen molar-refractivity contribution in [3.05, 3.63) is 11.5 Å². The average Bonchev–Trinajstić information content (AvgIpc) is 2.47. The summed E-state index contributed by atoms with van der Waals surface area (Å²) in [6.07, 6.45) is 6.02. The third-order valence-corrected chi connectivity index (χ3v) is 4.70. The SMILES string of the molecule is COC(=O)C1C2CCC(CC2)C1Nc1cnnc(Cl)n1. The lowest BCUT2D eigenvalue weighted by Crippen LogP contribution is -2.51. The fraction of sp³-hybridized carbons (Fsp3) is 0.692. The van der Waals surface area contributed by atoms with Gasteiger partial charge in [-0.15, -0.1) is 5.10 Å². The van der Waals surface area contributed by atoms with Crippen LogP contribution < -0.4 is 5.32 Å². The van der Waals surface area contributed by atoms with E-state index in [1.807, 2.05) is 0 Å². The summed E-state index contributed by atoms with van der Waals surface area (Å²) in [4.78, 5) is 16.2. The number of fused-ring (bicyclic) bond motifs is 3. The van der Waals surface area contributed by atoms with E-state index < -0.39 is 0 Å². The molecule has 1 aromatic rings. The van der Waals surface area contributed by atoms with Crippen molar-refractivity contribution >= 4 is 23.4 Å². The molecule has 108 valence electrons. The Kier molecular flexibility index (Phi) is 3.74. The van der Waals surface area contributed by atoms with Crippen molar-refractivity contribution in [3.63, 3.8) is 0 Å². The molecule has 0 amide bonds. The molecule has 6 nitrogen and oxygen atoms in total. The number of aromatic nitrogens is 3. The third-order valence-electron chi connectivity index (χ3n) is 4.54. The topological polar surface area (TPSA) is 77.0 Å². The molecule has 1 N–H and O–H groups in total. The van der Waals surface area contributed by atoms with E-state index in [1.165, 1.54) is 13.3 Å². The summed E-state index contributed by atoms with van der Waals surface area (Å²) in [6, 6.07) is 0.0442. The number of methoxy groups -OCH3 is 1. The molecule has 3 saturated carbocycles. The molecule has 0 spiro atoms. The normalized spacial score (nSPS) is 31.9. The van der Waals surface area contributed by atoms with Crippen molar-refractivity contribution in [2.24, 2.45) is 17.8 Å². The van der Waals surface area contributed by atoms with Crippen molar-refractivity contribution in [1.29, 1.82) is 0 Å². The highest BCUT2D eigenvalue weighted by atomic mass is 35.5. The van der Waals surface area contributed by atoms with Gasteiger partial charge in [0.2, 0.25) is 5.28 Å². The highest BCUT2D eigenvalue weighted by Gasteiger charge is 2.47. The van der Waals surface area contributed by atoms with Crippen LogP contribution in [0.3, 0.4) is 0 Å². The van der Waals surface area contributed by atoms with E-state index in [-0.39, 0.29) is 23.2 Å². The summed E-state index contributed by atoms with van der Waals surface area (Å²) in [7, 11) is 1.45. The van der Waals surface area contributed by atoms with Gasteiger partial charge in [-0.1, -0.05) is 0 Å². The van der Waals surface area contributed by atoms with Crippen molar-refractivity contribution in [2.45, 2.75) is 31.7 Å². The molecule has 3 aliphatic carbocycles. The van der Waals surface area contributed by atoms with Gasteiger partial charge < -0.3 is 10.1 Å². The summed E-state index contributed by atoms with van der Waals surface area (Å²) in [6.45, 7) is 0. The number of hydrogen-bond donors (Lipinski definition) is 1. The predicted molar refractivity (Wildman–Crippen MR) is 73.2 cm³/mol. The lowest BCUT2D eigenvalue weighted by molar-refractivity contribution is -0.152. The number of carbonyl (C=O) groups excluding carboxylic acids is 1. The molecule has 2 atom stereocenters. The van der Waals surface area contributed by atoms with E-state index >= 15 is 0 Å². The molecule has 0 aromatic carbocycles. The van der Waals surface area contributed by atoms with Crippen molar-refractivity contribution in [3.8, 4) is 0 Å². The van der Waals surface area contributed by atoms with Gasteiger partial charge >= 0.3 is 5.97 Å². The molecule has 2 unspecified atom stereocenters. The van der Waals surface area contributed by atoms with Crippen LogP contribution in [-0.2, 0) is 9.53 Å². The predicted octanol–water partition coefficient (Wildman–Crippen LogP) is 1.91. The molecule has 0 radical (unpaired) electrons. The standard InChI is InChI=1S/C13H17ClN4O2/c1-20-12(19)10-7-2-4-8(5-3-7)11(10)16-9-6-15-18-13(14)17-9/h6-8,10-11H,2-5H2,1H3,(H,16,17,18). The zero-order valence-electron chi connectivity index (χ0n) is 11.3. The van der Waals surface area contributed by atoms with E-state index in [0.717, 1.165) is 25.7 Å². The van der Waals surface area contributed by atoms with Gasteiger partial charge in [-0.25, -0.2) is 0 Å². The second-order valence-corrected chi connectivity index (χ2v) is 5.84. The molecule has 7 heteroatoms. The summed E-state index contributed by atoms with van der Waals surface area (Å²) >= 11 is 5.75. The highest BCUT2D eigenvalue weighted by Crippen LogP contribution is 2.46. The van der Waals surface area contributed by atoms with Crippen LogP contribution in [0.2, 0.25) is 5.28 Å². The molecule has 2 bridgehead atoms. The van der Waals surface area contributed by atoms with Gasteiger partial charge in [-0.3, -0.25) is 4.79 Å². The Hall–Kier alpha value is -1.43. The monoisotopic (exact) mass is 296 g/mol. The summed E-state index contributed by atoms with van der Waals surface area (Å²) in [5.41, 5.74) is 0. The van der Waals surface area contributed by atoms with Crippen LogP contribution in [0.25, 0.3) is 0 Å². The first-order chi connectivity index (χ1) is 9.69. The molecule has 0 saturated heterocycles. The molecule has 1 heterocycles. The fourth-order valence-corrected chi connectivity index (χ4v) is 3.79. The minimum atomic E-state index is -0.134. The van der Waals surface area contributed by atoms with E-state index in [4.69, 9.17) is 16.3 Å². The minimum absolute atomic E-state index is 0.0442. The number of carbonyl (C=O) groups is 1. The van der Waals surface area contributed by atoms with Crippen molar-refractivity contribution in [2.75, 3.05) is 12.4 Å². The molecule has 1 aromatic heterocycles. The van der Waals surface area contributed by atoms with Crippen LogP contribution in [0.15, 0.2) is 6.20 Å². The van der Waals surface area contributed by atoms with Gasteiger partial charge in [0.1, 0.15) is 5.82 Å². The number of nitrogens with zero attached hydrogens (tertiary/aromatic N) is 3. The summed E-state index contributed by atoms with van der Waals surface area (Å²) in [5.74, 6) is 1.19. The minimum Gasteiger partial charge on any atom is -0.469 e. The Morgan fingerprint density at radius 1 is 1.35 bits per heavy atom. The maximum absolute atomic E-state index is 12.1. The quantitative estimate of drug-likeness (QED) is 0.859. The smallest absolute Gasteiger partial charge is 0.311 e. The molecule has 4 rings (SSSR count). The molecule has 20 heavy (non-hydrogen) atoms. The lowest BCUT2D eigenvalue weighted by atomic mass is 9.61. The van der Waals surface area contributed by atoms with E-state index in [2.05, 4.69) is 20.5 Å². The fourth-order valence-electron chi connectivity index (χ4n) is 3.65. The van der Waals surface area contributed by atoms with Gasteiger partial charge in [0.15, 0.2) is 0 Å². The second-order valence-electron chi connectivity index (χ2n) is 5.50. The Labute approximate surface area is 122 Å². The van der Waals surface area contributed by atoms with Gasteiger partial charge in [0.25, 0.3) is 0 Å². The van der Waals surface area contributed by atoms with Crippen LogP contribution in [0, 0.1) is 17.8 Å². The number of nitrogens with one attached hydrogen (secondary N) is 1. The van der Waals surface area contributed by atoms with E-state index in [1.54, 1.807) is 0 Å². The van der Waals surface area contributed by atoms with Gasteiger partial charge in [-0.2, -0.15) is 10.1 Å². The molecule has 0 aliphatic heterocycles. The first-order valence-electron chi connectivity index (χ1n) is 6.88. The zero-order valence-corrected chi connectivity index (χ0v) is 12.0. The van der Waals surface area contributed by atoms with Gasteiger partial charge in [0.05, 0.1) is 19.2 Å². The zero-order chi connectivity index (χ0) is 14.1. The lowest BCUT2D eigenvalue weighted by Gasteiger charge is -2.47. The Morgan fingerprint density at radius 2 is 2.05 bits per heavy atom. The maximum atomic E-state index is 12.1. The summed E-state index contributed by atoms with van der Waals surface area (Å²) in [5, 5.41) is 10.8. The van der Waals surface area contributed by atoms with Crippen molar-refractivity contribution < 1.29 is 9.53 Å².